The van der Waals surface area contributed by atoms with E-state index in [9.17, 15) is 14.4 Å². The van der Waals surface area contributed by atoms with Crippen LogP contribution >= 0.6 is 0 Å². The Labute approximate surface area is 183 Å². The normalized spacial score (nSPS) is 26.1. The Balaban J connectivity index is 2.43. The van der Waals surface area contributed by atoms with E-state index in [2.05, 4.69) is 0 Å². The summed E-state index contributed by atoms with van der Waals surface area (Å²) in [5.41, 5.74) is 0.977. The summed E-state index contributed by atoms with van der Waals surface area (Å²) in [4.78, 5) is 39.9. The molecule has 0 spiro atoms. The number of carbonyl (C=O) groups excluding carboxylic acids is 3. The summed E-state index contributed by atoms with van der Waals surface area (Å²) in [6.07, 6.45) is -1.25. The molecule has 1 heterocycles. The fraction of sp³-hybridized carbons (Fsp3) is 0.609. The summed E-state index contributed by atoms with van der Waals surface area (Å²) in [7, 11) is 3.13. The van der Waals surface area contributed by atoms with E-state index in [-0.39, 0.29) is 31.6 Å². The average molecular weight is 436 g/mol. The van der Waals surface area contributed by atoms with Crippen LogP contribution in [0.25, 0.3) is 0 Å². The molecule has 1 aromatic carbocycles. The lowest BCUT2D eigenvalue weighted by atomic mass is 9.96. The number of amides is 1. The van der Waals surface area contributed by atoms with Crippen LogP contribution in [0.1, 0.15) is 32.8 Å². The molecule has 1 fully saturated rings. The molecule has 2 unspecified atom stereocenters. The molecule has 1 aliphatic heterocycles. The molecule has 0 N–H and O–H groups in total. The first-order valence-electron chi connectivity index (χ1n) is 10.5. The zero-order chi connectivity index (χ0) is 23.0. The average Bonchev–Trinajstić information content (AvgIpc) is 2.75. The summed E-state index contributed by atoms with van der Waals surface area (Å²) in [6, 6.07) is 9.11. The lowest BCUT2D eigenvalue weighted by molar-refractivity contribution is -0.175. The topological polar surface area (TPSA) is 91.4 Å². The zero-order valence-corrected chi connectivity index (χ0v) is 18.9. The van der Waals surface area contributed by atoms with Crippen LogP contribution in [-0.4, -0.2) is 68.6 Å². The maximum absolute atomic E-state index is 13.4. The van der Waals surface area contributed by atoms with Crippen molar-refractivity contribution < 1.29 is 33.3 Å². The molecule has 8 nitrogen and oxygen atoms in total. The highest BCUT2D eigenvalue weighted by Crippen LogP contribution is 2.22. The van der Waals surface area contributed by atoms with Crippen molar-refractivity contribution >= 4 is 17.8 Å². The van der Waals surface area contributed by atoms with Gasteiger partial charge in [0.15, 0.2) is 6.10 Å². The Bertz CT molecular complexity index is 737. The highest BCUT2D eigenvalue weighted by Gasteiger charge is 2.38. The number of hydrogen-bond donors (Lipinski definition) is 0. The maximum atomic E-state index is 13.4. The molecule has 1 amide bonds. The van der Waals surface area contributed by atoms with Crippen LogP contribution < -0.4 is 0 Å². The van der Waals surface area contributed by atoms with Crippen molar-refractivity contribution in [3.05, 3.63) is 35.9 Å². The zero-order valence-electron chi connectivity index (χ0n) is 18.9. The Morgan fingerprint density at radius 3 is 2.45 bits per heavy atom. The van der Waals surface area contributed by atoms with Gasteiger partial charge in [-0.3, -0.25) is 14.4 Å². The quantitative estimate of drug-likeness (QED) is 0.500. The van der Waals surface area contributed by atoms with E-state index >= 15 is 0 Å². The molecule has 1 aromatic rings. The third-order valence-corrected chi connectivity index (χ3v) is 5.32. The first-order valence-corrected chi connectivity index (χ1v) is 10.5. The van der Waals surface area contributed by atoms with Crippen LogP contribution in [0.15, 0.2) is 30.3 Å². The van der Waals surface area contributed by atoms with Gasteiger partial charge in [0.1, 0.15) is 13.4 Å². The molecule has 172 valence electrons. The summed E-state index contributed by atoms with van der Waals surface area (Å²) in [5.74, 6) is -2.33. The molecule has 0 saturated carbocycles. The molecule has 0 bridgehead atoms. The first kappa shape index (κ1) is 24.8. The Hall–Kier alpha value is -2.45. The van der Waals surface area contributed by atoms with Crippen LogP contribution in [0.5, 0.6) is 0 Å². The monoisotopic (exact) mass is 435 g/mol. The molecular weight excluding hydrogens is 402 g/mol. The molecule has 1 saturated heterocycles. The van der Waals surface area contributed by atoms with Gasteiger partial charge in [-0.15, -0.1) is 0 Å². The van der Waals surface area contributed by atoms with Crippen molar-refractivity contribution in [1.82, 2.24) is 4.90 Å². The van der Waals surface area contributed by atoms with Gasteiger partial charge in [-0.25, -0.2) is 0 Å². The molecule has 0 aromatic heterocycles. The van der Waals surface area contributed by atoms with Gasteiger partial charge in [-0.05, 0) is 24.8 Å². The van der Waals surface area contributed by atoms with E-state index in [0.29, 0.717) is 6.42 Å². The summed E-state index contributed by atoms with van der Waals surface area (Å²) < 4.78 is 21.7. The number of carbonyl (C=O) groups is 3. The van der Waals surface area contributed by atoms with Crippen molar-refractivity contribution in [2.24, 2.45) is 11.8 Å². The van der Waals surface area contributed by atoms with Crippen LogP contribution in [0.2, 0.25) is 0 Å². The fourth-order valence-corrected chi connectivity index (χ4v) is 3.42. The van der Waals surface area contributed by atoms with Crippen molar-refractivity contribution in [2.45, 2.75) is 51.9 Å². The molecule has 8 heteroatoms. The van der Waals surface area contributed by atoms with E-state index in [0.717, 1.165) is 5.56 Å². The highest BCUT2D eigenvalue weighted by atomic mass is 16.7. The highest BCUT2D eigenvalue weighted by molar-refractivity contribution is 5.85. The van der Waals surface area contributed by atoms with Gasteiger partial charge in [0.25, 0.3) is 5.91 Å². The second kappa shape index (κ2) is 11.8. The Morgan fingerprint density at radius 2 is 1.84 bits per heavy atom. The standard InChI is InChI=1S/C23H33NO7/c1-15(2)21-22(26)24(4)18(11-17-9-7-6-8-10-17)19(30-14-28-5)12-20(25)29-13-16(3)23(27)31-21/h6-10,15-16,18-19,21H,11-14H2,1-5H3/t16-,18-,19?,21?/m0/s1. The van der Waals surface area contributed by atoms with E-state index in [1.54, 1.807) is 14.0 Å². The number of rotatable bonds is 6. The number of esters is 2. The molecular formula is C23H33NO7. The van der Waals surface area contributed by atoms with Crippen LogP contribution in [0.4, 0.5) is 0 Å². The fourth-order valence-electron chi connectivity index (χ4n) is 3.42. The summed E-state index contributed by atoms with van der Waals surface area (Å²) in [6.45, 7) is 5.10. The molecule has 4 atom stereocenters. The third kappa shape index (κ3) is 7.04. The van der Waals surface area contributed by atoms with Crippen molar-refractivity contribution in [3.63, 3.8) is 0 Å². The molecule has 1 aliphatic rings. The molecule has 0 radical (unpaired) electrons. The minimum Gasteiger partial charge on any atom is -0.465 e. The SMILES string of the molecule is COCOC1CC(=O)OC[C@H](C)C(=O)OC(C(C)C)C(=O)N(C)[C@H]1Cc1ccccc1. The first-order chi connectivity index (χ1) is 14.7. The molecule has 0 aliphatic carbocycles. The Kier molecular flexibility index (Phi) is 9.45. The van der Waals surface area contributed by atoms with Crippen LogP contribution in [0.3, 0.4) is 0 Å². The van der Waals surface area contributed by atoms with E-state index < -0.39 is 36.1 Å². The second-order valence-electron chi connectivity index (χ2n) is 8.21. The van der Waals surface area contributed by atoms with Gasteiger partial charge >= 0.3 is 11.9 Å². The number of ether oxygens (including phenoxy) is 4. The predicted molar refractivity (Wildman–Crippen MR) is 113 cm³/mol. The van der Waals surface area contributed by atoms with Gasteiger partial charge in [0, 0.05) is 14.2 Å². The predicted octanol–water partition coefficient (Wildman–Crippen LogP) is 2.20. The van der Waals surface area contributed by atoms with Crippen LogP contribution in [-0.2, 0) is 39.8 Å². The smallest absolute Gasteiger partial charge is 0.312 e. The van der Waals surface area contributed by atoms with Gasteiger partial charge in [0.2, 0.25) is 0 Å². The van der Waals surface area contributed by atoms with E-state index in [1.165, 1.54) is 12.0 Å². The van der Waals surface area contributed by atoms with Crippen molar-refractivity contribution in [1.29, 1.82) is 0 Å². The van der Waals surface area contributed by atoms with E-state index in [4.69, 9.17) is 18.9 Å². The lowest BCUT2D eigenvalue weighted by Crippen LogP contribution is -2.53. The Morgan fingerprint density at radius 1 is 1.16 bits per heavy atom. The molecule has 31 heavy (non-hydrogen) atoms. The largest absolute Gasteiger partial charge is 0.465 e. The van der Waals surface area contributed by atoms with Crippen molar-refractivity contribution in [2.75, 3.05) is 27.6 Å². The minimum absolute atomic E-state index is 0.0374. The number of cyclic esters (lactones) is 2. The number of nitrogens with zero attached hydrogens (tertiary/aromatic N) is 1. The number of hydrogen-bond acceptors (Lipinski definition) is 7. The van der Waals surface area contributed by atoms with Crippen molar-refractivity contribution in [3.8, 4) is 0 Å². The number of likely N-dealkylation sites (N-methyl/N-ethyl adjacent to an activating group) is 1. The van der Waals surface area contributed by atoms with Gasteiger partial charge in [0.05, 0.1) is 24.5 Å². The maximum Gasteiger partial charge on any atom is 0.312 e. The summed E-state index contributed by atoms with van der Waals surface area (Å²) >= 11 is 0. The number of methoxy groups -OCH3 is 1. The minimum atomic E-state index is -0.948. The second-order valence-corrected chi connectivity index (χ2v) is 8.21. The van der Waals surface area contributed by atoms with E-state index in [1.807, 2.05) is 44.2 Å². The number of benzene rings is 1. The lowest BCUT2D eigenvalue weighted by Gasteiger charge is -2.37. The van der Waals surface area contributed by atoms with Gasteiger partial charge < -0.3 is 23.8 Å². The summed E-state index contributed by atoms with van der Waals surface area (Å²) in [5, 5.41) is 0. The van der Waals surface area contributed by atoms with Gasteiger partial charge in [-0.2, -0.15) is 0 Å². The van der Waals surface area contributed by atoms with Gasteiger partial charge in [-0.1, -0.05) is 44.2 Å². The molecule has 2 rings (SSSR count). The third-order valence-electron chi connectivity index (χ3n) is 5.32. The van der Waals surface area contributed by atoms with Crippen LogP contribution in [0, 0.1) is 11.8 Å².